The molecule has 0 aliphatic rings. The minimum Gasteiger partial charge on any atom is -0.469 e. The summed E-state index contributed by atoms with van der Waals surface area (Å²) >= 11 is 0. The van der Waals surface area contributed by atoms with Gasteiger partial charge in [0.15, 0.2) is 8.32 Å². The Morgan fingerprint density at radius 1 is 1.05 bits per heavy atom. The molecule has 6 nitrogen and oxygen atoms in total. The quantitative estimate of drug-likeness (QED) is 0.592. The maximum absolute atomic E-state index is 12.0. The number of hydrogen-bond donors (Lipinski definition) is 1. The summed E-state index contributed by atoms with van der Waals surface area (Å²) in [5.41, 5.74) is 5.84. The molecule has 0 rings (SSSR count). The summed E-state index contributed by atoms with van der Waals surface area (Å²) in [6.07, 6.45) is -0.535. The zero-order chi connectivity index (χ0) is 17.0. The third-order valence-electron chi connectivity index (χ3n) is 4.13. The van der Waals surface area contributed by atoms with E-state index in [1.54, 1.807) is 6.92 Å². The average Bonchev–Trinajstić information content (AvgIpc) is 2.35. The van der Waals surface area contributed by atoms with Crippen molar-refractivity contribution in [2.75, 3.05) is 14.2 Å². The average molecular weight is 319 g/mol. The van der Waals surface area contributed by atoms with Crippen molar-refractivity contribution in [3.05, 3.63) is 0 Å². The molecule has 0 aromatic rings. The molecule has 0 aromatic carbocycles. The molecule has 124 valence electrons. The van der Waals surface area contributed by atoms with Crippen LogP contribution in [0.25, 0.3) is 0 Å². The van der Waals surface area contributed by atoms with E-state index in [9.17, 15) is 9.59 Å². The molecule has 21 heavy (non-hydrogen) atoms. The van der Waals surface area contributed by atoms with Crippen molar-refractivity contribution >= 4 is 20.3 Å². The molecule has 0 heterocycles. The Morgan fingerprint density at radius 2 is 1.48 bits per heavy atom. The van der Waals surface area contributed by atoms with E-state index in [4.69, 9.17) is 14.9 Å². The van der Waals surface area contributed by atoms with Gasteiger partial charge in [-0.1, -0.05) is 20.8 Å². The minimum atomic E-state index is -2.10. The monoisotopic (exact) mass is 319 g/mol. The van der Waals surface area contributed by atoms with Gasteiger partial charge < -0.3 is 19.6 Å². The van der Waals surface area contributed by atoms with Crippen LogP contribution in [0.15, 0.2) is 0 Å². The van der Waals surface area contributed by atoms with Crippen molar-refractivity contribution in [1.82, 2.24) is 0 Å². The van der Waals surface area contributed by atoms with E-state index in [0.29, 0.717) is 0 Å². The number of ether oxygens (including phenoxy) is 2. The van der Waals surface area contributed by atoms with E-state index in [2.05, 4.69) is 38.6 Å². The Labute approximate surface area is 128 Å². The first kappa shape index (κ1) is 20.1. The maximum atomic E-state index is 12.0. The van der Waals surface area contributed by atoms with Crippen LogP contribution in [0.2, 0.25) is 18.1 Å². The lowest BCUT2D eigenvalue weighted by Crippen LogP contribution is -2.53. The van der Waals surface area contributed by atoms with E-state index < -0.39 is 38.3 Å². The lowest BCUT2D eigenvalue weighted by Gasteiger charge is -2.40. The molecule has 2 N–H and O–H groups in total. The third-order valence-corrected chi connectivity index (χ3v) is 8.70. The van der Waals surface area contributed by atoms with E-state index in [0.717, 1.165) is 0 Å². The molecule has 0 bridgehead atoms. The Morgan fingerprint density at radius 3 is 1.81 bits per heavy atom. The number of hydrogen-bond acceptors (Lipinski definition) is 6. The van der Waals surface area contributed by atoms with Crippen LogP contribution in [0.3, 0.4) is 0 Å². The molecule has 3 atom stereocenters. The molecule has 0 unspecified atom stereocenters. The van der Waals surface area contributed by atoms with E-state index >= 15 is 0 Å². The molecule has 7 heteroatoms. The predicted octanol–water partition coefficient (Wildman–Crippen LogP) is 1.69. The van der Waals surface area contributed by atoms with E-state index in [-0.39, 0.29) is 5.04 Å². The largest absolute Gasteiger partial charge is 0.469 e. The van der Waals surface area contributed by atoms with Gasteiger partial charge >= 0.3 is 11.9 Å². The first-order valence-electron chi connectivity index (χ1n) is 6.98. The molecule has 0 aliphatic carbocycles. The Balaban J connectivity index is 5.28. The van der Waals surface area contributed by atoms with Crippen molar-refractivity contribution in [2.24, 2.45) is 11.7 Å². The SMILES string of the molecule is COC(=O)[C@@H]([C@H](N)C(=O)OC)[C@@H](C)O[Si](C)(C)C(C)(C)C. The number of carbonyl (C=O) groups is 2. The first-order valence-corrected chi connectivity index (χ1v) is 9.89. The summed E-state index contributed by atoms with van der Waals surface area (Å²) in [6.45, 7) is 12.2. The van der Waals surface area contributed by atoms with Crippen molar-refractivity contribution < 1.29 is 23.5 Å². The third kappa shape index (κ3) is 5.08. The highest BCUT2D eigenvalue weighted by molar-refractivity contribution is 6.74. The van der Waals surface area contributed by atoms with Gasteiger partial charge in [-0.15, -0.1) is 0 Å². The van der Waals surface area contributed by atoms with Crippen molar-refractivity contribution in [1.29, 1.82) is 0 Å². The van der Waals surface area contributed by atoms with E-state index in [1.807, 2.05) is 0 Å². The normalized spacial score (nSPS) is 16.8. The molecule has 0 aliphatic heterocycles. The second-order valence-corrected chi connectivity index (χ2v) is 11.4. The lowest BCUT2D eigenvalue weighted by atomic mass is 9.95. The number of rotatable bonds is 6. The highest BCUT2D eigenvalue weighted by atomic mass is 28.4. The van der Waals surface area contributed by atoms with Crippen LogP contribution >= 0.6 is 0 Å². The Kier molecular flexibility index (Phi) is 7.05. The first-order chi connectivity index (χ1) is 9.39. The Bertz CT molecular complexity index is 378. The molecule has 0 radical (unpaired) electrons. The zero-order valence-electron chi connectivity index (χ0n) is 14.4. The van der Waals surface area contributed by atoms with Gasteiger partial charge in [-0.2, -0.15) is 0 Å². The van der Waals surface area contributed by atoms with Crippen LogP contribution in [0.4, 0.5) is 0 Å². The van der Waals surface area contributed by atoms with Crippen LogP contribution in [0.5, 0.6) is 0 Å². The van der Waals surface area contributed by atoms with Gasteiger partial charge in [0.05, 0.1) is 20.3 Å². The molecule has 0 fully saturated rings. The Hall–Kier alpha value is -0.923. The van der Waals surface area contributed by atoms with Gasteiger partial charge in [-0.3, -0.25) is 9.59 Å². The minimum absolute atomic E-state index is 0.0166. The van der Waals surface area contributed by atoms with Crippen LogP contribution in [-0.4, -0.2) is 46.6 Å². The number of esters is 2. The molecular weight excluding hydrogens is 290 g/mol. The second kappa shape index (κ2) is 7.37. The van der Waals surface area contributed by atoms with Gasteiger partial charge in [0.2, 0.25) is 0 Å². The van der Waals surface area contributed by atoms with Crippen LogP contribution in [0, 0.1) is 5.92 Å². The summed E-state index contributed by atoms with van der Waals surface area (Å²) in [5.74, 6) is -2.12. The zero-order valence-corrected chi connectivity index (χ0v) is 15.4. The molecule has 0 spiro atoms. The summed E-state index contributed by atoms with van der Waals surface area (Å²) in [5, 5.41) is -0.0166. The maximum Gasteiger partial charge on any atom is 0.323 e. The lowest BCUT2D eigenvalue weighted by molar-refractivity contribution is -0.157. The summed E-state index contributed by atoms with van der Waals surface area (Å²) in [4.78, 5) is 23.6. The smallest absolute Gasteiger partial charge is 0.323 e. The highest BCUT2D eigenvalue weighted by Crippen LogP contribution is 2.38. The molecular formula is C14H29NO5Si. The molecule has 0 saturated heterocycles. The van der Waals surface area contributed by atoms with Crippen molar-refractivity contribution in [2.45, 2.75) is 58.0 Å². The van der Waals surface area contributed by atoms with E-state index in [1.165, 1.54) is 14.2 Å². The summed E-state index contributed by atoms with van der Waals surface area (Å²) < 4.78 is 15.5. The van der Waals surface area contributed by atoms with Crippen molar-refractivity contribution in [3.63, 3.8) is 0 Å². The van der Waals surface area contributed by atoms with Crippen molar-refractivity contribution in [3.8, 4) is 0 Å². The van der Waals surface area contributed by atoms with Gasteiger partial charge in [-0.25, -0.2) is 0 Å². The number of methoxy groups -OCH3 is 2. The summed E-state index contributed by atoms with van der Waals surface area (Å²) in [6, 6.07) is -1.11. The second-order valence-electron chi connectivity index (χ2n) is 6.68. The standard InChI is InChI=1S/C14H29NO5Si/c1-9(20-21(7,8)14(2,3)4)10(12(16)18-5)11(15)13(17)19-6/h9-11H,15H2,1-8H3/t9-,10-,11+/m1/s1. The number of carbonyl (C=O) groups excluding carboxylic acids is 2. The van der Waals surface area contributed by atoms with Gasteiger partial charge in [-0.05, 0) is 25.1 Å². The fraction of sp³-hybridized carbons (Fsp3) is 0.857. The van der Waals surface area contributed by atoms with Gasteiger partial charge in [0.25, 0.3) is 0 Å². The van der Waals surface area contributed by atoms with Gasteiger partial charge in [0, 0.05) is 0 Å². The highest BCUT2D eigenvalue weighted by Gasteiger charge is 2.44. The number of nitrogens with two attached hydrogens (primary N) is 1. The molecule has 0 saturated carbocycles. The summed E-state index contributed by atoms with van der Waals surface area (Å²) in [7, 11) is 0.399. The van der Waals surface area contributed by atoms with Gasteiger partial charge in [0.1, 0.15) is 12.0 Å². The van der Waals surface area contributed by atoms with Crippen LogP contribution in [0.1, 0.15) is 27.7 Å². The molecule has 0 aromatic heterocycles. The predicted molar refractivity (Wildman–Crippen MR) is 83.2 cm³/mol. The topological polar surface area (TPSA) is 87.9 Å². The van der Waals surface area contributed by atoms with Crippen LogP contribution in [-0.2, 0) is 23.5 Å². The fourth-order valence-electron chi connectivity index (χ4n) is 1.76. The molecule has 0 amide bonds. The fourth-order valence-corrected chi connectivity index (χ4v) is 3.19. The van der Waals surface area contributed by atoms with Crippen LogP contribution < -0.4 is 5.73 Å².